The number of nitrogens with zero attached hydrogens (tertiary/aromatic N) is 2. The highest BCUT2D eigenvalue weighted by molar-refractivity contribution is 7.99. The van der Waals surface area contributed by atoms with Gasteiger partial charge < -0.3 is 14.6 Å². The molecular formula is C9H14N2O3S. The summed E-state index contributed by atoms with van der Waals surface area (Å²) in [5, 5.41) is 9.49. The highest BCUT2D eigenvalue weighted by Crippen LogP contribution is 2.24. The molecule has 0 bridgehead atoms. The second-order valence-corrected chi connectivity index (χ2v) is 4.25. The fraction of sp³-hybridized carbons (Fsp3) is 0.556. The van der Waals surface area contributed by atoms with Gasteiger partial charge in [0.1, 0.15) is 0 Å². The van der Waals surface area contributed by atoms with Crippen LogP contribution in [0.15, 0.2) is 11.2 Å². The third kappa shape index (κ3) is 3.56. The van der Waals surface area contributed by atoms with Crippen LogP contribution in [0.1, 0.15) is 6.92 Å². The minimum Gasteiger partial charge on any atom is -0.481 e. The van der Waals surface area contributed by atoms with Crippen LogP contribution in [0.4, 0.5) is 0 Å². The molecule has 0 radical (unpaired) electrons. The van der Waals surface area contributed by atoms with Gasteiger partial charge in [-0.15, -0.1) is 0 Å². The fourth-order valence-corrected chi connectivity index (χ4v) is 1.58. The van der Waals surface area contributed by atoms with Gasteiger partial charge in [0.05, 0.1) is 26.9 Å². The molecule has 0 amide bonds. The molecule has 0 aromatic carbocycles. The molecule has 1 aromatic rings. The van der Waals surface area contributed by atoms with Crippen molar-refractivity contribution < 1.29 is 14.6 Å². The maximum Gasteiger partial charge on any atom is 0.220 e. The van der Waals surface area contributed by atoms with Gasteiger partial charge in [-0.1, -0.05) is 18.7 Å². The predicted octanol–water partition coefficient (Wildman–Crippen LogP) is 0.967. The second kappa shape index (κ2) is 5.77. The van der Waals surface area contributed by atoms with Crippen molar-refractivity contribution in [3.05, 3.63) is 6.07 Å². The van der Waals surface area contributed by atoms with E-state index in [2.05, 4.69) is 9.97 Å². The van der Waals surface area contributed by atoms with Gasteiger partial charge in [-0.25, -0.2) is 0 Å². The molecule has 0 saturated heterocycles. The number of ether oxygens (including phenoxy) is 2. The average Bonchev–Trinajstić information content (AvgIpc) is 2.28. The Bertz CT molecular complexity index is 300. The van der Waals surface area contributed by atoms with E-state index in [0.717, 1.165) is 0 Å². The summed E-state index contributed by atoms with van der Waals surface area (Å²) >= 11 is 1.37. The van der Waals surface area contributed by atoms with Crippen LogP contribution in [-0.2, 0) is 0 Å². The number of aromatic nitrogens is 2. The van der Waals surface area contributed by atoms with Gasteiger partial charge in [-0.2, -0.15) is 9.97 Å². The normalized spacial score (nSPS) is 12.3. The first-order valence-electron chi connectivity index (χ1n) is 4.44. The Morgan fingerprint density at radius 2 is 1.87 bits per heavy atom. The van der Waals surface area contributed by atoms with Crippen LogP contribution in [0.5, 0.6) is 11.8 Å². The van der Waals surface area contributed by atoms with E-state index >= 15 is 0 Å². The molecule has 1 atom stereocenters. The Morgan fingerprint density at radius 1 is 1.33 bits per heavy atom. The summed E-state index contributed by atoms with van der Waals surface area (Å²) in [6.45, 7) is 1.97. The van der Waals surface area contributed by atoms with E-state index in [-0.39, 0.29) is 11.9 Å². The fourth-order valence-electron chi connectivity index (χ4n) is 0.863. The Morgan fingerprint density at radius 3 is 2.27 bits per heavy atom. The number of thioether (sulfide) groups is 1. The molecule has 0 spiro atoms. The molecule has 0 aliphatic rings. The van der Waals surface area contributed by atoms with E-state index in [1.807, 2.05) is 6.92 Å². The molecule has 84 valence electrons. The van der Waals surface area contributed by atoms with E-state index in [4.69, 9.17) is 14.6 Å². The minimum atomic E-state index is 0.0433. The number of aliphatic hydroxyl groups excluding tert-OH is 1. The smallest absolute Gasteiger partial charge is 0.220 e. The van der Waals surface area contributed by atoms with Gasteiger partial charge in [-0.05, 0) is 0 Å². The molecule has 0 aliphatic carbocycles. The molecule has 1 heterocycles. The summed E-state index contributed by atoms with van der Waals surface area (Å²) in [6, 6.07) is 1.60. The van der Waals surface area contributed by atoms with Crippen LogP contribution < -0.4 is 9.47 Å². The van der Waals surface area contributed by atoms with Gasteiger partial charge >= 0.3 is 0 Å². The van der Waals surface area contributed by atoms with Gasteiger partial charge in [0.2, 0.25) is 11.8 Å². The van der Waals surface area contributed by atoms with Gasteiger partial charge in [-0.3, -0.25) is 0 Å². The Balaban J connectivity index is 2.86. The van der Waals surface area contributed by atoms with Crippen molar-refractivity contribution in [3.63, 3.8) is 0 Å². The molecule has 1 rings (SSSR count). The summed E-state index contributed by atoms with van der Waals surface area (Å²) in [5.41, 5.74) is 0. The first-order valence-corrected chi connectivity index (χ1v) is 5.32. The van der Waals surface area contributed by atoms with Crippen molar-refractivity contribution >= 4 is 11.8 Å². The average molecular weight is 230 g/mol. The summed E-state index contributed by atoms with van der Waals surface area (Å²) < 4.78 is 10.0. The van der Waals surface area contributed by atoms with Crippen molar-refractivity contribution in [2.75, 3.05) is 20.8 Å². The van der Waals surface area contributed by atoms with Gasteiger partial charge in [0.25, 0.3) is 0 Å². The molecule has 5 nitrogen and oxygen atoms in total. The molecule has 1 aromatic heterocycles. The summed E-state index contributed by atoms with van der Waals surface area (Å²) in [7, 11) is 3.07. The largest absolute Gasteiger partial charge is 0.481 e. The quantitative estimate of drug-likeness (QED) is 0.600. The van der Waals surface area contributed by atoms with E-state index in [1.54, 1.807) is 6.07 Å². The number of hydrogen-bond acceptors (Lipinski definition) is 6. The third-order valence-electron chi connectivity index (χ3n) is 1.64. The predicted molar refractivity (Wildman–Crippen MR) is 57.5 cm³/mol. The van der Waals surface area contributed by atoms with Crippen molar-refractivity contribution in [2.24, 2.45) is 0 Å². The molecule has 0 saturated carbocycles. The summed E-state index contributed by atoms with van der Waals surface area (Å²) in [5.74, 6) is 0.906. The Kier molecular flexibility index (Phi) is 4.64. The van der Waals surface area contributed by atoms with Crippen LogP contribution in [-0.4, -0.2) is 41.2 Å². The van der Waals surface area contributed by atoms with Crippen molar-refractivity contribution in [1.82, 2.24) is 9.97 Å². The van der Waals surface area contributed by atoms with E-state index in [0.29, 0.717) is 16.9 Å². The third-order valence-corrected chi connectivity index (χ3v) is 2.59. The SMILES string of the molecule is COc1cc(OC)nc(SC(C)CO)n1. The van der Waals surface area contributed by atoms with Crippen LogP contribution in [0, 0.1) is 0 Å². The minimum absolute atomic E-state index is 0.0433. The van der Waals surface area contributed by atoms with E-state index in [1.165, 1.54) is 26.0 Å². The molecule has 1 N–H and O–H groups in total. The van der Waals surface area contributed by atoms with Gasteiger partial charge in [0.15, 0.2) is 5.16 Å². The van der Waals surface area contributed by atoms with Crippen LogP contribution in [0.3, 0.4) is 0 Å². The second-order valence-electron chi connectivity index (χ2n) is 2.85. The molecule has 6 heteroatoms. The highest BCUT2D eigenvalue weighted by atomic mass is 32.2. The lowest BCUT2D eigenvalue weighted by Crippen LogP contribution is -2.04. The highest BCUT2D eigenvalue weighted by Gasteiger charge is 2.09. The lowest BCUT2D eigenvalue weighted by Gasteiger charge is -2.08. The lowest BCUT2D eigenvalue weighted by atomic mass is 10.5. The zero-order valence-electron chi connectivity index (χ0n) is 8.93. The van der Waals surface area contributed by atoms with Crippen LogP contribution >= 0.6 is 11.8 Å². The number of hydrogen-bond donors (Lipinski definition) is 1. The topological polar surface area (TPSA) is 64.5 Å². The summed E-state index contributed by atoms with van der Waals surface area (Å²) in [4.78, 5) is 8.25. The van der Waals surface area contributed by atoms with Crippen molar-refractivity contribution in [1.29, 1.82) is 0 Å². The maximum absolute atomic E-state index is 8.91. The van der Waals surface area contributed by atoms with E-state index < -0.39 is 0 Å². The first kappa shape index (κ1) is 12.1. The first-order chi connectivity index (χ1) is 7.19. The number of aliphatic hydroxyl groups is 1. The van der Waals surface area contributed by atoms with Crippen molar-refractivity contribution in [2.45, 2.75) is 17.3 Å². The monoisotopic (exact) mass is 230 g/mol. The Labute approximate surface area is 92.8 Å². The molecule has 0 fully saturated rings. The maximum atomic E-state index is 8.91. The van der Waals surface area contributed by atoms with Gasteiger partial charge in [0, 0.05) is 5.25 Å². The zero-order valence-corrected chi connectivity index (χ0v) is 9.74. The number of methoxy groups -OCH3 is 2. The van der Waals surface area contributed by atoms with Crippen LogP contribution in [0.2, 0.25) is 0 Å². The molecule has 1 unspecified atom stereocenters. The Hall–Kier alpha value is -1.01. The van der Waals surface area contributed by atoms with E-state index in [9.17, 15) is 0 Å². The zero-order chi connectivity index (χ0) is 11.3. The molecule has 0 aliphatic heterocycles. The standard InChI is InChI=1S/C9H14N2O3S/c1-6(5-12)15-9-10-7(13-2)4-8(11-9)14-3/h4,6,12H,5H2,1-3H3. The molecular weight excluding hydrogens is 216 g/mol. The molecule has 15 heavy (non-hydrogen) atoms. The van der Waals surface area contributed by atoms with Crippen LogP contribution in [0.25, 0.3) is 0 Å². The number of rotatable bonds is 5. The van der Waals surface area contributed by atoms with Crippen molar-refractivity contribution in [3.8, 4) is 11.8 Å². The lowest BCUT2D eigenvalue weighted by molar-refractivity contribution is 0.299. The summed E-state index contributed by atoms with van der Waals surface area (Å²) in [6.07, 6.45) is 0.